The quantitative estimate of drug-likeness (QED) is 0.866. The molecule has 2 aromatic rings. The average Bonchev–Trinajstić information content (AvgIpc) is 3.25. The fourth-order valence-corrected chi connectivity index (χ4v) is 4.75. The first-order valence-electron chi connectivity index (χ1n) is 8.56. The number of thiophene rings is 1. The maximum absolute atomic E-state index is 13.3. The lowest BCUT2D eigenvalue weighted by molar-refractivity contribution is -0.138. The number of hydrogen-bond donors (Lipinski definition) is 1. The summed E-state index contributed by atoms with van der Waals surface area (Å²) in [6, 6.07) is 5.57. The molecule has 0 bridgehead atoms. The summed E-state index contributed by atoms with van der Waals surface area (Å²) in [5, 5.41) is 11.2. The smallest absolute Gasteiger partial charge is 0.339 e. The van der Waals surface area contributed by atoms with Crippen LogP contribution in [0.25, 0.3) is 0 Å². The maximum atomic E-state index is 13.3. The van der Waals surface area contributed by atoms with Crippen molar-refractivity contribution in [2.45, 2.75) is 51.0 Å². The van der Waals surface area contributed by atoms with Gasteiger partial charge in [0.1, 0.15) is 17.1 Å². The summed E-state index contributed by atoms with van der Waals surface area (Å²) in [4.78, 5) is 27.3. The molecule has 1 aliphatic carbocycles. The normalized spacial score (nSPS) is 16.6. The molecular formula is C19H23NO4S. The summed E-state index contributed by atoms with van der Waals surface area (Å²) in [5.74, 6) is -0.0405. The molecule has 6 heteroatoms. The molecule has 1 saturated carbocycles. The Labute approximate surface area is 151 Å². The third-order valence-electron chi connectivity index (χ3n) is 5.05. The molecule has 2 aromatic heterocycles. The van der Waals surface area contributed by atoms with Crippen LogP contribution in [0, 0.1) is 6.92 Å². The van der Waals surface area contributed by atoms with E-state index in [1.807, 2.05) is 11.4 Å². The number of aryl methyl sites for hydroxylation is 1. The SMILES string of the molecule is Cc1oc(CN(C)C(=O)C2(c3cccs3)CCCCC2)cc1C(=O)O. The van der Waals surface area contributed by atoms with E-state index >= 15 is 0 Å². The highest BCUT2D eigenvalue weighted by Crippen LogP contribution is 2.43. The van der Waals surface area contributed by atoms with E-state index in [1.54, 1.807) is 30.2 Å². The number of carboxylic acid groups (broad SMARTS) is 1. The molecule has 1 aliphatic rings. The second-order valence-corrected chi connectivity index (χ2v) is 7.72. The van der Waals surface area contributed by atoms with Gasteiger partial charge in [0.05, 0.1) is 12.0 Å². The first kappa shape index (κ1) is 17.7. The zero-order valence-corrected chi connectivity index (χ0v) is 15.4. The van der Waals surface area contributed by atoms with E-state index in [-0.39, 0.29) is 18.0 Å². The van der Waals surface area contributed by atoms with Gasteiger partial charge in [0.25, 0.3) is 0 Å². The highest BCUT2D eigenvalue weighted by molar-refractivity contribution is 7.10. The number of carbonyl (C=O) groups is 2. The van der Waals surface area contributed by atoms with Crippen molar-refractivity contribution in [2.24, 2.45) is 0 Å². The molecule has 0 spiro atoms. The Morgan fingerprint density at radius 3 is 2.60 bits per heavy atom. The third kappa shape index (κ3) is 3.35. The second kappa shape index (κ2) is 7.04. The van der Waals surface area contributed by atoms with E-state index < -0.39 is 11.4 Å². The summed E-state index contributed by atoms with van der Waals surface area (Å²) in [7, 11) is 1.77. The number of carbonyl (C=O) groups excluding carboxylic acids is 1. The van der Waals surface area contributed by atoms with Crippen LogP contribution in [-0.4, -0.2) is 28.9 Å². The molecule has 0 aliphatic heterocycles. The van der Waals surface area contributed by atoms with E-state index in [0.29, 0.717) is 11.5 Å². The van der Waals surface area contributed by atoms with Crippen molar-refractivity contribution in [2.75, 3.05) is 7.05 Å². The van der Waals surface area contributed by atoms with Crippen LogP contribution in [0.15, 0.2) is 28.0 Å². The molecule has 3 rings (SSSR count). The van der Waals surface area contributed by atoms with Gasteiger partial charge in [-0.3, -0.25) is 4.79 Å². The molecule has 0 aromatic carbocycles. The number of nitrogens with zero attached hydrogens (tertiary/aromatic N) is 1. The Hall–Kier alpha value is -2.08. The predicted molar refractivity (Wildman–Crippen MR) is 96.0 cm³/mol. The summed E-state index contributed by atoms with van der Waals surface area (Å²) in [6.45, 7) is 1.91. The standard InChI is InChI=1S/C19H23NO4S/c1-13-15(17(21)22)11-14(24-13)12-20(2)18(23)19(8-4-3-5-9-19)16-7-6-10-25-16/h6-7,10-11H,3-5,8-9,12H2,1-2H3,(H,21,22). The van der Waals surface area contributed by atoms with Crippen LogP contribution in [0.5, 0.6) is 0 Å². The summed E-state index contributed by atoms with van der Waals surface area (Å²) in [6.07, 6.45) is 5.02. The van der Waals surface area contributed by atoms with Crippen molar-refractivity contribution >= 4 is 23.2 Å². The number of carboxylic acids is 1. The molecule has 0 atom stereocenters. The van der Waals surface area contributed by atoms with Crippen molar-refractivity contribution < 1.29 is 19.1 Å². The van der Waals surface area contributed by atoms with Crippen molar-refractivity contribution in [1.29, 1.82) is 0 Å². The summed E-state index contributed by atoms with van der Waals surface area (Å²) >= 11 is 1.64. The third-order valence-corrected chi connectivity index (χ3v) is 6.12. The van der Waals surface area contributed by atoms with E-state index in [1.165, 1.54) is 12.5 Å². The Morgan fingerprint density at radius 1 is 1.32 bits per heavy atom. The van der Waals surface area contributed by atoms with Gasteiger partial charge in [-0.1, -0.05) is 25.3 Å². The molecule has 5 nitrogen and oxygen atoms in total. The minimum Gasteiger partial charge on any atom is -0.478 e. The zero-order chi connectivity index (χ0) is 18.0. The molecule has 0 saturated heterocycles. The van der Waals surface area contributed by atoms with Gasteiger partial charge in [0, 0.05) is 11.9 Å². The lowest BCUT2D eigenvalue weighted by atomic mass is 9.72. The highest BCUT2D eigenvalue weighted by Gasteiger charge is 2.43. The van der Waals surface area contributed by atoms with Gasteiger partial charge in [-0.05, 0) is 37.3 Å². The molecule has 0 unspecified atom stereocenters. The van der Waals surface area contributed by atoms with Crippen LogP contribution < -0.4 is 0 Å². The van der Waals surface area contributed by atoms with Crippen molar-refractivity contribution in [3.63, 3.8) is 0 Å². The number of rotatable bonds is 5. The summed E-state index contributed by atoms with van der Waals surface area (Å²) < 4.78 is 5.54. The largest absolute Gasteiger partial charge is 0.478 e. The number of amides is 1. The zero-order valence-electron chi connectivity index (χ0n) is 14.6. The Balaban J connectivity index is 1.82. The first-order valence-corrected chi connectivity index (χ1v) is 9.44. The van der Waals surface area contributed by atoms with Gasteiger partial charge in [0.15, 0.2) is 0 Å². The highest BCUT2D eigenvalue weighted by atomic mass is 32.1. The second-order valence-electron chi connectivity index (χ2n) is 6.77. The topological polar surface area (TPSA) is 70.8 Å². The van der Waals surface area contributed by atoms with Gasteiger partial charge in [0.2, 0.25) is 5.91 Å². The maximum Gasteiger partial charge on any atom is 0.339 e. The van der Waals surface area contributed by atoms with E-state index in [9.17, 15) is 9.59 Å². The van der Waals surface area contributed by atoms with Crippen LogP contribution in [-0.2, 0) is 16.8 Å². The van der Waals surface area contributed by atoms with Crippen molar-refractivity contribution in [3.05, 3.63) is 45.5 Å². The first-order chi connectivity index (χ1) is 11.9. The summed E-state index contributed by atoms with van der Waals surface area (Å²) in [5.41, 5.74) is -0.292. The molecule has 1 N–H and O–H groups in total. The molecule has 25 heavy (non-hydrogen) atoms. The van der Waals surface area contributed by atoms with Gasteiger partial charge in [-0.15, -0.1) is 11.3 Å². The van der Waals surface area contributed by atoms with Crippen LogP contribution in [0.1, 0.15) is 58.9 Å². The molecule has 2 heterocycles. The van der Waals surface area contributed by atoms with Gasteiger partial charge in [-0.25, -0.2) is 4.79 Å². The fourth-order valence-electron chi connectivity index (χ4n) is 3.78. The van der Waals surface area contributed by atoms with Crippen molar-refractivity contribution in [3.8, 4) is 0 Å². The minimum atomic E-state index is -1.01. The van der Waals surface area contributed by atoms with Crippen LogP contribution in [0.2, 0.25) is 0 Å². The van der Waals surface area contributed by atoms with Gasteiger partial charge >= 0.3 is 5.97 Å². The van der Waals surface area contributed by atoms with Gasteiger partial charge in [-0.2, -0.15) is 0 Å². The molecule has 0 radical (unpaired) electrons. The number of aromatic carboxylic acids is 1. The molecule has 134 valence electrons. The number of likely N-dealkylation sites (N-methyl/N-ethyl adjacent to an activating group) is 1. The monoisotopic (exact) mass is 361 g/mol. The number of hydrogen-bond acceptors (Lipinski definition) is 4. The molecule has 1 fully saturated rings. The van der Waals surface area contributed by atoms with E-state index in [0.717, 1.165) is 30.6 Å². The Bertz CT molecular complexity index is 756. The average molecular weight is 361 g/mol. The lowest BCUT2D eigenvalue weighted by Crippen LogP contribution is -2.45. The van der Waals surface area contributed by atoms with Gasteiger partial charge < -0.3 is 14.4 Å². The molecule has 1 amide bonds. The van der Waals surface area contributed by atoms with Crippen LogP contribution in [0.3, 0.4) is 0 Å². The van der Waals surface area contributed by atoms with E-state index in [4.69, 9.17) is 9.52 Å². The Morgan fingerprint density at radius 2 is 2.04 bits per heavy atom. The van der Waals surface area contributed by atoms with E-state index in [2.05, 4.69) is 6.07 Å². The lowest BCUT2D eigenvalue weighted by Gasteiger charge is -2.38. The minimum absolute atomic E-state index is 0.0978. The predicted octanol–water partition coefficient (Wildman–Crippen LogP) is 4.21. The number of furan rings is 1. The fraction of sp³-hybridized carbons (Fsp3) is 0.474. The van der Waals surface area contributed by atoms with Crippen LogP contribution in [0.4, 0.5) is 0 Å². The molecular weight excluding hydrogens is 338 g/mol. The van der Waals surface area contributed by atoms with Crippen LogP contribution >= 0.6 is 11.3 Å². The Kier molecular flexibility index (Phi) is 4.99. The van der Waals surface area contributed by atoms with Crippen molar-refractivity contribution in [1.82, 2.24) is 4.90 Å².